The first-order valence-electron chi connectivity index (χ1n) is 15.0. The molecule has 0 radical (unpaired) electrons. The molecule has 0 saturated heterocycles. The molecule has 47 heavy (non-hydrogen) atoms. The normalized spacial score (nSPS) is 11.6. The fraction of sp³-hybridized carbons (Fsp3) is 0.222. The Balaban J connectivity index is 1.42. The molecule has 11 heteroatoms. The van der Waals surface area contributed by atoms with Gasteiger partial charge in [0.1, 0.15) is 0 Å². The number of carbonyl (C=O) groups excluding carboxylic acids is 2. The van der Waals surface area contributed by atoms with E-state index in [0.29, 0.717) is 23.0 Å². The van der Waals surface area contributed by atoms with Gasteiger partial charge in [-0.25, -0.2) is 9.97 Å². The summed E-state index contributed by atoms with van der Waals surface area (Å²) in [5, 5.41) is 9.68. The highest BCUT2D eigenvalue weighted by molar-refractivity contribution is 6.05. The van der Waals surface area contributed by atoms with Gasteiger partial charge in [-0.15, -0.1) is 0 Å². The number of aryl methyl sites for hydroxylation is 1. The van der Waals surface area contributed by atoms with E-state index in [-0.39, 0.29) is 23.9 Å². The number of anilines is 4. The van der Waals surface area contributed by atoms with Crippen molar-refractivity contribution in [2.45, 2.75) is 32.9 Å². The Labute approximate surface area is 271 Å². The van der Waals surface area contributed by atoms with Crippen molar-refractivity contribution in [2.75, 3.05) is 36.6 Å². The molecule has 5 aromatic rings. The van der Waals surface area contributed by atoms with Crippen molar-refractivity contribution < 1.29 is 22.8 Å². The van der Waals surface area contributed by atoms with Crippen LogP contribution in [0.25, 0.3) is 22.0 Å². The van der Waals surface area contributed by atoms with Crippen molar-refractivity contribution in [2.24, 2.45) is 0 Å². The predicted octanol–water partition coefficient (Wildman–Crippen LogP) is 8.24. The number of alkyl halides is 3. The van der Waals surface area contributed by atoms with Gasteiger partial charge in [-0.3, -0.25) is 9.59 Å². The van der Waals surface area contributed by atoms with E-state index >= 15 is 0 Å². The maximum atomic E-state index is 13.2. The highest BCUT2D eigenvalue weighted by atomic mass is 19.4. The fourth-order valence-electron chi connectivity index (χ4n) is 5.17. The summed E-state index contributed by atoms with van der Waals surface area (Å²) in [6, 6.07) is 21.1. The number of halogens is 3. The second-order valence-corrected chi connectivity index (χ2v) is 11.9. The number of likely N-dealkylation sites (N-methyl/N-ethyl adjacent to an activating group) is 1. The third kappa shape index (κ3) is 8.11. The Morgan fingerprint density at radius 2 is 1.60 bits per heavy atom. The van der Waals surface area contributed by atoms with Crippen molar-refractivity contribution in [3.63, 3.8) is 0 Å². The minimum Gasteiger partial charge on any atom is -0.325 e. The van der Waals surface area contributed by atoms with E-state index in [4.69, 9.17) is 4.98 Å². The molecule has 0 atom stereocenters. The minimum absolute atomic E-state index is 0.0860. The van der Waals surface area contributed by atoms with Gasteiger partial charge in [0.05, 0.1) is 17.6 Å². The van der Waals surface area contributed by atoms with Crippen LogP contribution in [0.5, 0.6) is 0 Å². The molecule has 0 aliphatic carbocycles. The Morgan fingerprint density at radius 3 is 2.32 bits per heavy atom. The highest BCUT2D eigenvalue weighted by Crippen LogP contribution is 2.35. The number of nitrogens with zero attached hydrogens (tertiary/aromatic N) is 3. The van der Waals surface area contributed by atoms with E-state index in [9.17, 15) is 22.8 Å². The maximum absolute atomic E-state index is 13.2. The predicted molar refractivity (Wildman–Crippen MR) is 180 cm³/mol. The van der Waals surface area contributed by atoms with Gasteiger partial charge in [-0.2, -0.15) is 13.2 Å². The largest absolute Gasteiger partial charge is 0.416 e. The van der Waals surface area contributed by atoms with Gasteiger partial charge in [0.25, 0.3) is 5.91 Å². The van der Waals surface area contributed by atoms with Gasteiger partial charge in [0.2, 0.25) is 11.9 Å². The topological polar surface area (TPSA) is 99.2 Å². The molecule has 0 unspecified atom stereocenters. The zero-order valence-corrected chi connectivity index (χ0v) is 26.7. The molecule has 0 bridgehead atoms. The van der Waals surface area contributed by atoms with Crippen LogP contribution in [-0.4, -0.2) is 47.3 Å². The minimum atomic E-state index is -4.55. The number of aromatic nitrogens is 2. The van der Waals surface area contributed by atoms with Crippen molar-refractivity contribution >= 4 is 45.7 Å². The quantitative estimate of drug-likeness (QED) is 0.150. The van der Waals surface area contributed by atoms with Crippen LogP contribution in [0, 0.1) is 6.92 Å². The molecule has 1 aromatic heterocycles. The van der Waals surface area contributed by atoms with Crippen molar-refractivity contribution in [3.05, 3.63) is 107 Å². The van der Waals surface area contributed by atoms with Gasteiger partial charge in [0.15, 0.2) is 0 Å². The molecular formula is C36H35F3N6O2. The van der Waals surface area contributed by atoms with Gasteiger partial charge in [-0.05, 0) is 110 Å². The molecule has 2 amide bonds. The lowest BCUT2D eigenvalue weighted by molar-refractivity contribution is -0.137. The molecule has 8 nitrogen and oxygen atoms in total. The van der Waals surface area contributed by atoms with Gasteiger partial charge < -0.3 is 20.9 Å². The van der Waals surface area contributed by atoms with E-state index in [1.54, 1.807) is 17.2 Å². The van der Waals surface area contributed by atoms with Crippen LogP contribution < -0.4 is 16.0 Å². The molecular weight excluding hydrogens is 605 g/mol. The standard InChI is InChI=1S/C36H35F3N6O2/c1-21(2)30-16-24(31-18-29(13-12-22(31)3)42-34(47)23-8-6-9-26(15-23)36(37,38)39)14-25-19-40-35(44-33(25)30)43-28-11-7-10-27(17-28)41-32(46)20-45(4)5/h6-19,21H,20H2,1-5H3,(H,41,46)(H,42,47)(H,40,43,44). The summed E-state index contributed by atoms with van der Waals surface area (Å²) in [6.07, 6.45) is -2.80. The van der Waals surface area contributed by atoms with Gasteiger partial charge in [-0.1, -0.05) is 32.0 Å². The maximum Gasteiger partial charge on any atom is 0.416 e. The molecule has 0 aliphatic heterocycles. The molecule has 5 rings (SSSR count). The third-order valence-electron chi connectivity index (χ3n) is 7.46. The molecule has 242 valence electrons. The number of fused-ring (bicyclic) bond motifs is 1. The lowest BCUT2D eigenvalue weighted by atomic mass is 9.92. The molecule has 0 aliphatic rings. The summed E-state index contributed by atoms with van der Waals surface area (Å²) in [4.78, 5) is 36.3. The summed E-state index contributed by atoms with van der Waals surface area (Å²) >= 11 is 0. The average Bonchev–Trinajstić information content (AvgIpc) is 3.00. The van der Waals surface area contributed by atoms with E-state index in [1.807, 2.05) is 63.5 Å². The first-order valence-corrected chi connectivity index (χ1v) is 15.0. The van der Waals surface area contributed by atoms with Gasteiger partial charge in [0, 0.05) is 34.2 Å². The smallest absolute Gasteiger partial charge is 0.325 e. The average molecular weight is 641 g/mol. The van der Waals surface area contributed by atoms with Crippen LogP contribution in [0.2, 0.25) is 0 Å². The number of hydrogen-bond acceptors (Lipinski definition) is 6. The van der Waals surface area contributed by atoms with E-state index in [1.165, 1.54) is 12.1 Å². The second-order valence-electron chi connectivity index (χ2n) is 11.9. The van der Waals surface area contributed by atoms with Crippen LogP contribution in [0.15, 0.2) is 85.1 Å². The van der Waals surface area contributed by atoms with Crippen molar-refractivity contribution in [3.8, 4) is 11.1 Å². The van der Waals surface area contributed by atoms with E-state index in [0.717, 1.165) is 45.3 Å². The van der Waals surface area contributed by atoms with Crippen LogP contribution in [-0.2, 0) is 11.0 Å². The lowest BCUT2D eigenvalue weighted by Crippen LogP contribution is -2.27. The highest BCUT2D eigenvalue weighted by Gasteiger charge is 2.31. The fourth-order valence-corrected chi connectivity index (χ4v) is 5.17. The summed E-state index contributed by atoms with van der Waals surface area (Å²) < 4.78 is 39.6. The first-order chi connectivity index (χ1) is 22.3. The number of carbonyl (C=O) groups is 2. The number of nitrogens with one attached hydrogen (secondary N) is 3. The summed E-state index contributed by atoms with van der Waals surface area (Å²) in [7, 11) is 3.66. The van der Waals surface area contributed by atoms with E-state index in [2.05, 4.69) is 40.8 Å². The summed E-state index contributed by atoms with van der Waals surface area (Å²) in [5.41, 5.74) is 5.32. The first kappa shape index (κ1) is 33.1. The van der Waals surface area contributed by atoms with Crippen LogP contribution >= 0.6 is 0 Å². The third-order valence-corrected chi connectivity index (χ3v) is 7.46. The number of benzene rings is 4. The summed E-state index contributed by atoms with van der Waals surface area (Å²) in [6.45, 7) is 6.37. The molecule has 0 spiro atoms. The number of amides is 2. The number of hydrogen-bond donors (Lipinski definition) is 3. The van der Waals surface area contributed by atoms with Crippen LogP contribution in [0.1, 0.15) is 46.8 Å². The zero-order valence-electron chi connectivity index (χ0n) is 26.7. The Hall–Kier alpha value is -5.29. The van der Waals surface area contributed by atoms with Crippen molar-refractivity contribution in [1.82, 2.24) is 14.9 Å². The molecule has 1 heterocycles. The lowest BCUT2D eigenvalue weighted by Gasteiger charge is -2.16. The SMILES string of the molecule is Cc1ccc(NC(=O)c2cccc(C(F)(F)F)c2)cc1-c1cc(C(C)C)c2nc(Nc3cccc(NC(=O)CN(C)C)c3)ncc2c1. The molecule has 4 aromatic carbocycles. The molecule has 0 fully saturated rings. The van der Waals surface area contributed by atoms with Crippen molar-refractivity contribution in [1.29, 1.82) is 0 Å². The second kappa shape index (κ2) is 13.6. The Morgan fingerprint density at radius 1 is 0.872 bits per heavy atom. The molecule has 3 N–H and O–H groups in total. The zero-order chi connectivity index (χ0) is 33.9. The van der Waals surface area contributed by atoms with Gasteiger partial charge >= 0.3 is 6.18 Å². The number of rotatable bonds is 9. The molecule has 0 saturated carbocycles. The monoisotopic (exact) mass is 640 g/mol. The van der Waals surface area contributed by atoms with E-state index < -0.39 is 17.6 Å². The van der Waals surface area contributed by atoms with Crippen LogP contribution in [0.4, 0.5) is 36.2 Å². The Bertz CT molecular complexity index is 1960. The Kier molecular flexibility index (Phi) is 9.57. The van der Waals surface area contributed by atoms with Crippen LogP contribution in [0.3, 0.4) is 0 Å². The summed E-state index contributed by atoms with van der Waals surface area (Å²) in [5.74, 6) is -0.244.